The van der Waals surface area contributed by atoms with E-state index in [9.17, 15) is 0 Å². The molecule has 0 bridgehead atoms. The minimum absolute atomic E-state index is 0.837. The van der Waals surface area contributed by atoms with Gasteiger partial charge < -0.3 is 13.7 Å². The Morgan fingerprint density at radius 1 is 0.347 bits per heavy atom. The minimum atomic E-state index is 0.837. The Labute approximate surface area is 282 Å². The van der Waals surface area contributed by atoms with E-state index in [2.05, 4.69) is 157 Å². The lowest BCUT2D eigenvalue weighted by molar-refractivity contribution is 0.667. The summed E-state index contributed by atoms with van der Waals surface area (Å²) in [4.78, 5) is 2.34. The van der Waals surface area contributed by atoms with E-state index >= 15 is 0 Å². The Hall–Kier alpha value is -6.58. The molecule has 10 aromatic rings. The van der Waals surface area contributed by atoms with E-state index in [0.717, 1.165) is 83.2 Å². The van der Waals surface area contributed by atoms with Crippen molar-refractivity contribution < 1.29 is 8.83 Å². The van der Waals surface area contributed by atoms with Gasteiger partial charge in [0.2, 0.25) is 0 Å². The van der Waals surface area contributed by atoms with Gasteiger partial charge in [-0.25, -0.2) is 0 Å². The van der Waals surface area contributed by atoms with Crippen LogP contribution in [0.1, 0.15) is 0 Å². The van der Waals surface area contributed by atoms with Crippen LogP contribution in [0.4, 0.5) is 17.1 Å². The zero-order valence-electron chi connectivity index (χ0n) is 26.5. The molecule has 0 amide bonds. The van der Waals surface area contributed by atoms with Gasteiger partial charge in [-0.05, 0) is 69.9 Å². The van der Waals surface area contributed by atoms with Gasteiger partial charge in [-0.15, -0.1) is 0 Å². The normalized spacial score (nSPS) is 11.7. The van der Waals surface area contributed by atoms with E-state index in [1.165, 1.54) is 10.8 Å². The molecule has 0 N–H and O–H groups in total. The highest BCUT2D eigenvalue weighted by Gasteiger charge is 2.23. The third-order valence-electron chi connectivity index (χ3n) is 9.65. The van der Waals surface area contributed by atoms with Crippen LogP contribution in [-0.2, 0) is 0 Å². The lowest BCUT2D eigenvalue weighted by Gasteiger charge is -2.28. The lowest BCUT2D eigenvalue weighted by Crippen LogP contribution is -2.12. The Kier molecular flexibility index (Phi) is 6.18. The zero-order chi connectivity index (χ0) is 32.3. The van der Waals surface area contributed by atoms with Crippen LogP contribution in [0.2, 0.25) is 0 Å². The van der Waals surface area contributed by atoms with E-state index < -0.39 is 0 Å². The maximum atomic E-state index is 6.69. The van der Waals surface area contributed by atoms with Gasteiger partial charge in [0, 0.05) is 33.2 Å². The number of hydrogen-bond acceptors (Lipinski definition) is 3. The molecular formula is C46H29NO2. The van der Waals surface area contributed by atoms with Crippen molar-refractivity contribution in [1.82, 2.24) is 0 Å². The Bertz CT molecular complexity index is 2840. The molecule has 230 valence electrons. The summed E-state index contributed by atoms with van der Waals surface area (Å²) in [6.45, 7) is 0. The highest BCUT2D eigenvalue weighted by Crippen LogP contribution is 2.47. The van der Waals surface area contributed by atoms with E-state index in [-0.39, 0.29) is 0 Å². The molecule has 0 spiro atoms. The molecule has 0 fully saturated rings. The number of fused-ring (bicyclic) bond motifs is 7. The quantitative estimate of drug-likeness (QED) is 0.190. The second kappa shape index (κ2) is 11.0. The van der Waals surface area contributed by atoms with Gasteiger partial charge >= 0.3 is 0 Å². The minimum Gasteiger partial charge on any atom is -0.456 e. The summed E-state index contributed by atoms with van der Waals surface area (Å²) in [5.41, 5.74) is 10.9. The van der Waals surface area contributed by atoms with Crippen molar-refractivity contribution in [2.75, 3.05) is 4.90 Å². The van der Waals surface area contributed by atoms with Crippen molar-refractivity contribution in [3.63, 3.8) is 0 Å². The van der Waals surface area contributed by atoms with Gasteiger partial charge in [0.15, 0.2) is 5.58 Å². The maximum Gasteiger partial charge on any atom is 0.159 e. The van der Waals surface area contributed by atoms with Crippen molar-refractivity contribution >= 4 is 71.7 Å². The molecule has 0 aliphatic carbocycles. The predicted octanol–water partition coefficient (Wildman–Crippen LogP) is 13.4. The van der Waals surface area contributed by atoms with Crippen LogP contribution in [0.15, 0.2) is 185 Å². The van der Waals surface area contributed by atoms with Gasteiger partial charge in [0.25, 0.3) is 0 Å². The number of anilines is 3. The van der Waals surface area contributed by atoms with Crippen molar-refractivity contribution in [2.45, 2.75) is 0 Å². The monoisotopic (exact) mass is 627 g/mol. The number of rotatable bonds is 5. The third kappa shape index (κ3) is 4.51. The summed E-state index contributed by atoms with van der Waals surface area (Å²) >= 11 is 0. The molecule has 0 radical (unpaired) electrons. The Balaban J connectivity index is 1.28. The fourth-order valence-electron chi connectivity index (χ4n) is 7.30. The van der Waals surface area contributed by atoms with E-state index in [0.29, 0.717) is 0 Å². The van der Waals surface area contributed by atoms with E-state index in [1.807, 2.05) is 24.3 Å². The summed E-state index contributed by atoms with van der Waals surface area (Å²) in [7, 11) is 0. The molecule has 0 aliphatic rings. The highest BCUT2D eigenvalue weighted by atomic mass is 16.3. The van der Waals surface area contributed by atoms with Gasteiger partial charge in [0.05, 0.1) is 17.1 Å². The van der Waals surface area contributed by atoms with Crippen LogP contribution >= 0.6 is 0 Å². The molecule has 49 heavy (non-hydrogen) atoms. The molecule has 3 heteroatoms. The third-order valence-corrected chi connectivity index (χ3v) is 9.65. The van der Waals surface area contributed by atoms with E-state index in [1.54, 1.807) is 0 Å². The number of furan rings is 2. The fourth-order valence-corrected chi connectivity index (χ4v) is 7.30. The summed E-state index contributed by atoms with van der Waals surface area (Å²) in [5, 5.41) is 6.82. The fraction of sp³-hybridized carbons (Fsp3) is 0. The molecule has 10 rings (SSSR count). The molecule has 0 unspecified atom stereocenters. The molecule has 0 atom stereocenters. The van der Waals surface area contributed by atoms with Crippen LogP contribution in [0.25, 0.3) is 76.9 Å². The second-order valence-electron chi connectivity index (χ2n) is 12.5. The van der Waals surface area contributed by atoms with Crippen LogP contribution in [0.3, 0.4) is 0 Å². The van der Waals surface area contributed by atoms with Gasteiger partial charge in [0.1, 0.15) is 16.7 Å². The average Bonchev–Trinajstić information content (AvgIpc) is 3.74. The number of benzene rings is 8. The first kappa shape index (κ1) is 27.5. The molecule has 2 heterocycles. The highest BCUT2D eigenvalue weighted by molar-refractivity contribution is 6.12. The first-order valence-corrected chi connectivity index (χ1v) is 16.6. The zero-order valence-corrected chi connectivity index (χ0v) is 26.5. The second-order valence-corrected chi connectivity index (χ2v) is 12.5. The predicted molar refractivity (Wildman–Crippen MR) is 204 cm³/mol. The largest absolute Gasteiger partial charge is 0.456 e. The van der Waals surface area contributed by atoms with Crippen molar-refractivity contribution in [1.29, 1.82) is 0 Å². The molecule has 0 aliphatic heterocycles. The van der Waals surface area contributed by atoms with Gasteiger partial charge in [-0.1, -0.05) is 127 Å². The molecule has 0 saturated carbocycles. The molecule has 0 saturated heterocycles. The number of nitrogens with zero attached hydrogens (tertiary/aromatic N) is 1. The van der Waals surface area contributed by atoms with E-state index in [4.69, 9.17) is 8.83 Å². The summed E-state index contributed by atoms with van der Waals surface area (Å²) < 4.78 is 13.1. The SMILES string of the molecule is c1ccc(-c2ccc(-c3ccc4ccccc4c3)cc2N(c2ccc3c(c2)oc2ccccc23)c2cccc3c2oc2ccccc23)cc1. The van der Waals surface area contributed by atoms with Crippen LogP contribution < -0.4 is 4.90 Å². The van der Waals surface area contributed by atoms with Crippen LogP contribution in [-0.4, -0.2) is 0 Å². The first-order chi connectivity index (χ1) is 24.3. The smallest absolute Gasteiger partial charge is 0.159 e. The Morgan fingerprint density at radius 3 is 1.86 bits per heavy atom. The molecular weight excluding hydrogens is 599 g/mol. The van der Waals surface area contributed by atoms with Crippen molar-refractivity contribution in [3.05, 3.63) is 176 Å². The summed E-state index contributed by atoms with van der Waals surface area (Å²) in [6, 6.07) is 62.1. The first-order valence-electron chi connectivity index (χ1n) is 16.6. The van der Waals surface area contributed by atoms with Gasteiger partial charge in [-0.3, -0.25) is 0 Å². The summed E-state index contributed by atoms with van der Waals surface area (Å²) in [5.74, 6) is 0. The van der Waals surface area contributed by atoms with Crippen molar-refractivity contribution in [3.8, 4) is 22.3 Å². The maximum absolute atomic E-state index is 6.69. The van der Waals surface area contributed by atoms with Crippen LogP contribution in [0, 0.1) is 0 Å². The standard InChI is InChI=1S/C46H29NO2/c1-2-12-31(13-3-1)36-25-23-34(33-22-21-30-11-4-5-14-32(30)27-33)28-42(36)47(35-24-26-39-37-15-6-8-19-43(37)48-45(39)29-35)41-18-10-17-40-38-16-7-9-20-44(38)49-46(40)41/h1-29H. The number of para-hydroxylation sites is 3. The van der Waals surface area contributed by atoms with Gasteiger partial charge in [-0.2, -0.15) is 0 Å². The molecule has 2 aromatic heterocycles. The summed E-state index contributed by atoms with van der Waals surface area (Å²) in [6.07, 6.45) is 0. The lowest BCUT2D eigenvalue weighted by atomic mass is 9.95. The number of hydrogen-bond donors (Lipinski definition) is 0. The molecule has 3 nitrogen and oxygen atoms in total. The average molecular weight is 628 g/mol. The Morgan fingerprint density at radius 2 is 1.00 bits per heavy atom. The topological polar surface area (TPSA) is 29.5 Å². The van der Waals surface area contributed by atoms with Crippen molar-refractivity contribution in [2.24, 2.45) is 0 Å². The van der Waals surface area contributed by atoms with Crippen LogP contribution in [0.5, 0.6) is 0 Å². The molecule has 8 aromatic carbocycles.